The van der Waals surface area contributed by atoms with Gasteiger partial charge in [-0.15, -0.1) is 11.3 Å². The minimum atomic E-state index is -0.794. The van der Waals surface area contributed by atoms with E-state index in [9.17, 15) is 9.59 Å². The summed E-state index contributed by atoms with van der Waals surface area (Å²) in [4.78, 5) is 28.3. The van der Waals surface area contributed by atoms with E-state index in [1.54, 1.807) is 12.4 Å². The average Bonchev–Trinajstić information content (AvgIpc) is 2.80. The van der Waals surface area contributed by atoms with Gasteiger partial charge in [-0.3, -0.25) is 9.59 Å². The Kier molecular flexibility index (Phi) is 6.13. The third-order valence-electron chi connectivity index (χ3n) is 2.81. The van der Waals surface area contributed by atoms with Gasteiger partial charge in [-0.2, -0.15) is 0 Å². The number of rotatable bonds is 6. The predicted molar refractivity (Wildman–Crippen MR) is 78.4 cm³/mol. The number of esters is 1. The van der Waals surface area contributed by atoms with E-state index < -0.39 is 17.3 Å². The lowest BCUT2D eigenvalue weighted by Crippen LogP contribution is -2.44. The Morgan fingerprint density at radius 2 is 2.15 bits per heavy atom. The molecule has 1 unspecified atom stereocenters. The molecule has 0 bridgehead atoms. The fourth-order valence-corrected chi connectivity index (χ4v) is 2.45. The number of hydrogen-bond donors (Lipinski definition) is 1. The van der Waals surface area contributed by atoms with Crippen LogP contribution in [0.5, 0.6) is 0 Å². The van der Waals surface area contributed by atoms with Gasteiger partial charge < -0.3 is 10.1 Å². The molecule has 1 atom stereocenters. The van der Waals surface area contributed by atoms with Gasteiger partial charge in [0, 0.05) is 18.3 Å². The first-order chi connectivity index (χ1) is 9.36. The molecule has 0 saturated heterocycles. The maximum atomic E-state index is 12.2. The highest BCUT2D eigenvalue weighted by Gasteiger charge is 2.38. The van der Waals surface area contributed by atoms with Crippen molar-refractivity contribution in [2.75, 3.05) is 13.2 Å². The summed E-state index contributed by atoms with van der Waals surface area (Å²) in [5, 5.41) is 4.73. The van der Waals surface area contributed by atoms with Crippen LogP contribution in [0.15, 0.2) is 10.9 Å². The third-order valence-corrected chi connectivity index (χ3v) is 3.45. The topological polar surface area (TPSA) is 68.3 Å². The number of thiazole rings is 1. The molecule has 20 heavy (non-hydrogen) atoms. The standard InChI is InChI=1S/C14H22N2O3S/c1-5-19-13(18)11(14(2,3)4)12(17)15-7-6-10-8-20-9-16-10/h8-9,11H,5-7H2,1-4H3,(H,15,17). The van der Waals surface area contributed by atoms with Crippen LogP contribution < -0.4 is 5.32 Å². The molecule has 0 aliphatic rings. The molecule has 1 heterocycles. The zero-order valence-corrected chi connectivity index (χ0v) is 13.3. The summed E-state index contributed by atoms with van der Waals surface area (Å²) in [6.45, 7) is 8.04. The zero-order valence-electron chi connectivity index (χ0n) is 12.4. The van der Waals surface area contributed by atoms with Crippen molar-refractivity contribution < 1.29 is 14.3 Å². The van der Waals surface area contributed by atoms with Crippen LogP contribution >= 0.6 is 11.3 Å². The van der Waals surface area contributed by atoms with Crippen molar-refractivity contribution in [2.24, 2.45) is 11.3 Å². The summed E-state index contributed by atoms with van der Waals surface area (Å²) < 4.78 is 4.99. The molecule has 0 spiro atoms. The van der Waals surface area contributed by atoms with Crippen LogP contribution in [0.1, 0.15) is 33.4 Å². The van der Waals surface area contributed by atoms with Gasteiger partial charge in [0.05, 0.1) is 17.8 Å². The highest BCUT2D eigenvalue weighted by atomic mass is 32.1. The number of amides is 1. The van der Waals surface area contributed by atoms with Gasteiger partial charge in [-0.05, 0) is 12.3 Å². The maximum absolute atomic E-state index is 12.2. The van der Waals surface area contributed by atoms with Crippen LogP contribution in [0.2, 0.25) is 0 Å². The third kappa shape index (κ3) is 4.92. The summed E-state index contributed by atoms with van der Waals surface area (Å²) >= 11 is 1.52. The molecule has 0 aliphatic carbocycles. The van der Waals surface area contributed by atoms with E-state index in [1.807, 2.05) is 26.2 Å². The summed E-state index contributed by atoms with van der Waals surface area (Å²) in [6.07, 6.45) is 0.662. The Labute approximate surface area is 123 Å². The summed E-state index contributed by atoms with van der Waals surface area (Å²) in [7, 11) is 0. The molecule has 0 aliphatic heterocycles. The van der Waals surface area contributed by atoms with Crippen LogP contribution in [0.3, 0.4) is 0 Å². The van der Waals surface area contributed by atoms with Gasteiger partial charge in [0.15, 0.2) is 0 Å². The first kappa shape index (κ1) is 16.6. The molecule has 1 rings (SSSR count). The monoisotopic (exact) mass is 298 g/mol. The molecule has 0 radical (unpaired) electrons. The van der Waals surface area contributed by atoms with Gasteiger partial charge in [-0.1, -0.05) is 20.8 Å². The number of hydrogen-bond acceptors (Lipinski definition) is 5. The first-order valence-electron chi connectivity index (χ1n) is 6.67. The Balaban J connectivity index is 2.57. The molecule has 1 amide bonds. The maximum Gasteiger partial charge on any atom is 0.319 e. The SMILES string of the molecule is CCOC(=O)C(C(=O)NCCc1cscn1)C(C)(C)C. The van der Waals surface area contributed by atoms with Crippen LogP contribution in [-0.4, -0.2) is 30.0 Å². The molecule has 1 aromatic heterocycles. The predicted octanol–water partition coefficient (Wildman–Crippen LogP) is 2.03. The number of carbonyl (C=O) groups is 2. The lowest BCUT2D eigenvalue weighted by Gasteiger charge is -2.27. The number of nitrogens with zero attached hydrogens (tertiary/aromatic N) is 1. The average molecular weight is 298 g/mol. The fraction of sp³-hybridized carbons (Fsp3) is 0.643. The number of ether oxygens (including phenoxy) is 1. The highest BCUT2D eigenvalue weighted by molar-refractivity contribution is 7.07. The molecule has 1 aromatic rings. The highest BCUT2D eigenvalue weighted by Crippen LogP contribution is 2.27. The molecule has 0 saturated carbocycles. The Hall–Kier alpha value is -1.43. The molecular formula is C14H22N2O3S. The van der Waals surface area contributed by atoms with Crippen molar-refractivity contribution in [3.63, 3.8) is 0 Å². The normalized spacial score (nSPS) is 12.8. The van der Waals surface area contributed by atoms with Gasteiger partial charge >= 0.3 is 5.97 Å². The van der Waals surface area contributed by atoms with Gasteiger partial charge in [0.1, 0.15) is 5.92 Å². The second-order valence-corrected chi connectivity index (χ2v) is 6.29. The smallest absolute Gasteiger partial charge is 0.319 e. The van der Waals surface area contributed by atoms with Crippen molar-refractivity contribution in [3.8, 4) is 0 Å². The van der Waals surface area contributed by atoms with Crippen molar-refractivity contribution in [1.29, 1.82) is 0 Å². The largest absolute Gasteiger partial charge is 0.465 e. The number of nitrogens with one attached hydrogen (secondary N) is 1. The van der Waals surface area contributed by atoms with E-state index in [0.717, 1.165) is 5.69 Å². The van der Waals surface area contributed by atoms with E-state index in [4.69, 9.17) is 4.74 Å². The minimum absolute atomic E-state index is 0.275. The number of aromatic nitrogens is 1. The second-order valence-electron chi connectivity index (χ2n) is 5.57. The quantitative estimate of drug-likeness (QED) is 0.644. The van der Waals surface area contributed by atoms with Crippen molar-refractivity contribution in [2.45, 2.75) is 34.1 Å². The van der Waals surface area contributed by atoms with Crippen LogP contribution in [0.4, 0.5) is 0 Å². The summed E-state index contributed by atoms with van der Waals surface area (Å²) in [5.41, 5.74) is 2.23. The molecule has 112 valence electrons. The molecule has 0 aromatic carbocycles. The van der Waals surface area contributed by atoms with Gasteiger partial charge in [0.2, 0.25) is 5.91 Å². The lowest BCUT2D eigenvalue weighted by molar-refractivity contribution is -0.156. The zero-order chi connectivity index (χ0) is 15.2. The van der Waals surface area contributed by atoms with E-state index in [2.05, 4.69) is 10.3 Å². The first-order valence-corrected chi connectivity index (χ1v) is 7.62. The van der Waals surface area contributed by atoms with Crippen LogP contribution in [0.25, 0.3) is 0 Å². The molecule has 6 heteroatoms. The summed E-state index contributed by atoms with van der Waals surface area (Å²) in [5.74, 6) is -1.55. The Bertz CT molecular complexity index is 438. The summed E-state index contributed by atoms with van der Waals surface area (Å²) in [6, 6.07) is 0. The molecular weight excluding hydrogens is 276 g/mol. The Morgan fingerprint density at radius 1 is 1.45 bits per heavy atom. The molecule has 1 N–H and O–H groups in total. The van der Waals surface area contributed by atoms with Crippen molar-refractivity contribution in [3.05, 3.63) is 16.6 Å². The lowest BCUT2D eigenvalue weighted by atomic mass is 9.80. The van der Waals surface area contributed by atoms with E-state index in [1.165, 1.54) is 11.3 Å². The van der Waals surface area contributed by atoms with Gasteiger partial charge in [0.25, 0.3) is 0 Å². The van der Waals surface area contributed by atoms with Crippen molar-refractivity contribution in [1.82, 2.24) is 10.3 Å². The van der Waals surface area contributed by atoms with Crippen LogP contribution in [0, 0.1) is 11.3 Å². The van der Waals surface area contributed by atoms with E-state index >= 15 is 0 Å². The molecule has 0 fully saturated rings. The van der Waals surface area contributed by atoms with Gasteiger partial charge in [-0.25, -0.2) is 4.98 Å². The molecule has 5 nitrogen and oxygen atoms in total. The number of carbonyl (C=O) groups excluding carboxylic acids is 2. The van der Waals surface area contributed by atoms with Crippen molar-refractivity contribution >= 4 is 23.2 Å². The van der Waals surface area contributed by atoms with Crippen LogP contribution in [-0.2, 0) is 20.7 Å². The van der Waals surface area contributed by atoms with E-state index in [-0.39, 0.29) is 12.5 Å². The Morgan fingerprint density at radius 3 is 2.65 bits per heavy atom. The minimum Gasteiger partial charge on any atom is -0.465 e. The fourth-order valence-electron chi connectivity index (χ4n) is 1.86. The van der Waals surface area contributed by atoms with E-state index in [0.29, 0.717) is 13.0 Å². The second kappa shape index (κ2) is 7.38.